The summed E-state index contributed by atoms with van der Waals surface area (Å²) in [5, 5.41) is 7.03. The molecule has 0 aliphatic rings. The van der Waals surface area contributed by atoms with Crippen LogP contribution in [0.2, 0.25) is 0 Å². The number of nitrogens with one attached hydrogen (secondary N) is 1. The molecule has 0 aliphatic heterocycles. The first-order valence-electron chi connectivity index (χ1n) is 8.36. The van der Waals surface area contributed by atoms with Crippen LogP contribution >= 0.6 is 11.8 Å². The smallest absolute Gasteiger partial charge is 0.271 e. The van der Waals surface area contributed by atoms with Crippen LogP contribution in [0.5, 0.6) is 0 Å². The van der Waals surface area contributed by atoms with E-state index in [0.29, 0.717) is 12.2 Å². The average molecular weight is 365 g/mol. The second-order valence-electron chi connectivity index (χ2n) is 5.58. The van der Waals surface area contributed by atoms with Crippen molar-refractivity contribution in [2.24, 2.45) is 0 Å². The van der Waals surface area contributed by atoms with E-state index < -0.39 is 0 Å². The molecule has 0 atom stereocenters. The molecule has 1 amide bonds. The number of thioether (sulfide) groups is 1. The van der Waals surface area contributed by atoms with Crippen LogP contribution in [0, 0.1) is 0 Å². The Balaban J connectivity index is 1.54. The minimum absolute atomic E-state index is 0.226. The highest BCUT2D eigenvalue weighted by molar-refractivity contribution is 7.99. The molecule has 0 saturated carbocycles. The van der Waals surface area contributed by atoms with Crippen molar-refractivity contribution in [2.45, 2.75) is 11.3 Å². The maximum Gasteiger partial charge on any atom is 0.271 e. The Morgan fingerprint density at radius 2 is 1.65 bits per heavy atom. The summed E-state index contributed by atoms with van der Waals surface area (Å²) < 4.78 is 1.24. The fourth-order valence-electron chi connectivity index (χ4n) is 2.36. The molecule has 3 rings (SSSR count). The van der Waals surface area contributed by atoms with E-state index in [0.717, 1.165) is 12.2 Å². The highest BCUT2D eigenvalue weighted by Gasteiger charge is 2.10. The number of para-hydroxylation sites is 1. The fourth-order valence-corrected chi connectivity index (χ4v) is 3.23. The molecule has 0 bridgehead atoms. The summed E-state index contributed by atoms with van der Waals surface area (Å²) in [6, 6.07) is 22.0. The Morgan fingerprint density at radius 1 is 0.962 bits per heavy atom. The lowest BCUT2D eigenvalue weighted by molar-refractivity contribution is 0.0947. The van der Waals surface area contributed by atoms with E-state index in [2.05, 4.69) is 22.5 Å². The van der Waals surface area contributed by atoms with Crippen molar-refractivity contribution in [1.82, 2.24) is 15.1 Å². The first-order valence-corrected chi connectivity index (χ1v) is 9.34. The van der Waals surface area contributed by atoms with E-state index in [1.165, 1.54) is 21.7 Å². The number of rotatable bonds is 7. The number of nitrogens with zero attached hydrogens (tertiary/aromatic N) is 2. The summed E-state index contributed by atoms with van der Waals surface area (Å²) in [4.78, 5) is 25.5. The SMILES string of the molecule is O=C(NCCCSc1ccccc1)c1ccc(=O)n(-c2ccccc2)n1. The van der Waals surface area contributed by atoms with Crippen LogP contribution in [-0.2, 0) is 0 Å². The lowest BCUT2D eigenvalue weighted by Crippen LogP contribution is -2.29. The van der Waals surface area contributed by atoms with Crippen LogP contribution in [0.4, 0.5) is 0 Å². The van der Waals surface area contributed by atoms with E-state index in [4.69, 9.17) is 0 Å². The quantitative estimate of drug-likeness (QED) is 0.516. The molecule has 0 radical (unpaired) electrons. The van der Waals surface area contributed by atoms with Crippen molar-refractivity contribution < 1.29 is 4.79 Å². The Labute approximate surface area is 156 Å². The third-order valence-electron chi connectivity index (χ3n) is 3.65. The van der Waals surface area contributed by atoms with Gasteiger partial charge in [0.25, 0.3) is 11.5 Å². The maximum absolute atomic E-state index is 12.3. The van der Waals surface area contributed by atoms with Crippen molar-refractivity contribution in [3.05, 3.63) is 88.8 Å². The minimum atomic E-state index is -0.278. The van der Waals surface area contributed by atoms with E-state index in [1.807, 2.05) is 36.4 Å². The highest BCUT2D eigenvalue weighted by Crippen LogP contribution is 2.17. The van der Waals surface area contributed by atoms with Gasteiger partial charge in [0.1, 0.15) is 5.69 Å². The Kier molecular flexibility index (Phi) is 6.22. The minimum Gasteiger partial charge on any atom is -0.351 e. The molecule has 26 heavy (non-hydrogen) atoms. The van der Waals surface area contributed by atoms with Gasteiger partial charge in [-0.1, -0.05) is 36.4 Å². The Hall–Kier alpha value is -2.86. The van der Waals surface area contributed by atoms with E-state index in [9.17, 15) is 9.59 Å². The summed E-state index contributed by atoms with van der Waals surface area (Å²) in [5.41, 5.74) is 0.586. The van der Waals surface area contributed by atoms with Crippen LogP contribution in [0.3, 0.4) is 0 Å². The van der Waals surface area contributed by atoms with Crippen LogP contribution in [0.15, 0.2) is 82.5 Å². The second-order valence-corrected chi connectivity index (χ2v) is 6.74. The van der Waals surface area contributed by atoms with Gasteiger partial charge >= 0.3 is 0 Å². The van der Waals surface area contributed by atoms with Gasteiger partial charge in [-0.05, 0) is 42.5 Å². The van der Waals surface area contributed by atoms with E-state index in [1.54, 1.807) is 23.9 Å². The topological polar surface area (TPSA) is 64.0 Å². The average Bonchev–Trinajstić information content (AvgIpc) is 2.69. The highest BCUT2D eigenvalue weighted by atomic mass is 32.2. The molecule has 0 unspecified atom stereocenters. The zero-order chi connectivity index (χ0) is 18.2. The largest absolute Gasteiger partial charge is 0.351 e. The standard InChI is InChI=1S/C20H19N3O2S/c24-19-13-12-18(22-23(19)16-8-3-1-4-9-16)20(25)21-14-7-15-26-17-10-5-2-6-11-17/h1-6,8-13H,7,14-15H2,(H,21,25). The summed E-state index contributed by atoms with van der Waals surface area (Å²) in [7, 11) is 0. The van der Waals surface area contributed by atoms with Gasteiger partial charge in [0.15, 0.2) is 0 Å². The molecule has 0 spiro atoms. The number of carbonyl (C=O) groups is 1. The van der Waals surface area contributed by atoms with Crippen molar-refractivity contribution in [3.8, 4) is 5.69 Å². The van der Waals surface area contributed by atoms with Crippen molar-refractivity contribution in [1.29, 1.82) is 0 Å². The zero-order valence-corrected chi connectivity index (χ0v) is 15.0. The number of hydrogen-bond donors (Lipinski definition) is 1. The fraction of sp³-hybridized carbons (Fsp3) is 0.150. The third-order valence-corrected chi connectivity index (χ3v) is 4.75. The molecule has 6 heteroatoms. The van der Waals surface area contributed by atoms with Gasteiger partial charge < -0.3 is 5.32 Å². The van der Waals surface area contributed by atoms with Crippen molar-refractivity contribution >= 4 is 17.7 Å². The zero-order valence-electron chi connectivity index (χ0n) is 14.2. The molecule has 2 aromatic carbocycles. The van der Waals surface area contributed by atoms with Crippen LogP contribution < -0.4 is 10.9 Å². The molecule has 0 saturated heterocycles. The van der Waals surface area contributed by atoms with Crippen LogP contribution in [0.25, 0.3) is 5.69 Å². The van der Waals surface area contributed by atoms with Crippen molar-refractivity contribution in [2.75, 3.05) is 12.3 Å². The van der Waals surface area contributed by atoms with Crippen molar-refractivity contribution in [3.63, 3.8) is 0 Å². The molecule has 1 heterocycles. The second kappa shape index (κ2) is 9.01. The Bertz CT molecular complexity index is 911. The number of carbonyl (C=O) groups excluding carboxylic acids is 1. The molecule has 1 aromatic heterocycles. The first-order chi connectivity index (χ1) is 12.7. The van der Waals surface area contributed by atoms with Gasteiger partial charge in [-0.25, -0.2) is 0 Å². The number of aromatic nitrogens is 2. The molecule has 3 aromatic rings. The summed E-state index contributed by atoms with van der Waals surface area (Å²) in [6.45, 7) is 0.560. The molecular weight excluding hydrogens is 346 g/mol. The predicted molar refractivity (Wildman–Crippen MR) is 104 cm³/mol. The molecule has 0 aliphatic carbocycles. The Morgan fingerprint density at radius 3 is 2.38 bits per heavy atom. The van der Waals surface area contributed by atoms with Gasteiger partial charge in [-0.2, -0.15) is 9.78 Å². The van der Waals surface area contributed by atoms with Gasteiger partial charge in [-0.15, -0.1) is 11.8 Å². The first kappa shape index (κ1) is 17.9. The van der Waals surface area contributed by atoms with Gasteiger partial charge in [0.2, 0.25) is 0 Å². The summed E-state index contributed by atoms with van der Waals surface area (Å²) in [5.74, 6) is 0.640. The molecule has 1 N–H and O–H groups in total. The van der Waals surface area contributed by atoms with E-state index >= 15 is 0 Å². The third kappa shape index (κ3) is 4.83. The number of benzene rings is 2. The lowest BCUT2D eigenvalue weighted by Gasteiger charge is -2.08. The number of amides is 1. The van der Waals surface area contributed by atoms with Gasteiger partial charge in [0, 0.05) is 17.5 Å². The summed E-state index contributed by atoms with van der Waals surface area (Å²) in [6.07, 6.45) is 0.851. The predicted octanol–water partition coefficient (Wildman–Crippen LogP) is 3.14. The van der Waals surface area contributed by atoms with E-state index in [-0.39, 0.29) is 17.2 Å². The maximum atomic E-state index is 12.3. The lowest BCUT2D eigenvalue weighted by atomic mass is 10.3. The van der Waals surface area contributed by atoms with Crippen LogP contribution in [-0.4, -0.2) is 28.0 Å². The van der Waals surface area contributed by atoms with Gasteiger partial charge in [0.05, 0.1) is 5.69 Å². The molecule has 0 fully saturated rings. The van der Waals surface area contributed by atoms with Crippen LogP contribution in [0.1, 0.15) is 16.9 Å². The number of hydrogen-bond acceptors (Lipinski definition) is 4. The summed E-state index contributed by atoms with van der Waals surface area (Å²) >= 11 is 1.76. The van der Waals surface area contributed by atoms with Gasteiger partial charge in [-0.3, -0.25) is 9.59 Å². The normalized spacial score (nSPS) is 10.5. The molecular formula is C20H19N3O2S. The molecule has 132 valence electrons. The molecule has 5 nitrogen and oxygen atoms in total. The monoisotopic (exact) mass is 365 g/mol.